The van der Waals surface area contributed by atoms with E-state index in [0.717, 1.165) is 37.1 Å². The van der Waals surface area contributed by atoms with Crippen LogP contribution in [0.5, 0.6) is 0 Å². The lowest BCUT2D eigenvalue weighted by Gasteiger charge is -2.30. The fourth-order valence-electron chi connectivity index (χ4n) is 2.05. The highest BCUT2D eigenvalue weighted by molar-refractivity contribution is 5.47. The number of anilines is 2. The summed E-state index contributed by atoms with van der Waals surface area (Å²) < 4.78 is 5.43. The Morgan fingerprint density at radius 1 is 1.35 bits per heavy atom. The predicted octanol–water partition coefficient (Wildman–Crippen LogP) is 1.66. The molecule has 1 aliphatic heterocycles. The summed E-state index contributed by atoms with van der Waals surface area (Å²) >= 11 is 0. The zero-order valence-electron chi connectivity index (χ0n) is 10.7. The summed E-state index contributed by atoms with van der Waals surface area (Å²) in [6.45, 7) is 5.74. The van der Waals surface area contributed by atoms with E-state index in [2.05, 4.69) is 27.5 Å². The molecule has 1 aromatic heterocycles. The first kappa shape index (κ1) is 12.1. The molecule has 0 bridgehead atoms. The number of ether oxygens (including phenoxy) is 1. The van der Waals surface area contributed by atoms with Crippen LogP contribution in [0.4, 0.5) is 11.6 Å². The van der Waals surface area contributed by atoms with Gasteiger partial charge in [0.05, 0.1) is 6.61 Å². The van der Waals surface area contributed by atoms with Gasteiger partial charge in [0.25, 0.3) is 0 Å². The van der Waals surface area contributed by atoms with Crippen LogP contribution in [0.25, 0.3) is 0 Å². The van der Waals surface area contributed by atoms with Gasteiger partial charge < -0.3 is 15.4 Å². The van der Waals surface area contributed by atoms with E-state index in [1.807, 2.05) is 20.0 Å². The molecule has 1 aromatic rings. The second-order valence-corrected chi connectivity index (χ2v) is 4.53. The first-order chi connectivity index (χ1) is 8.19. The zero-order valence-corrected chi connectivity index (χ0v) is 10.7. The van der Waals surface area contributed by atoms with E-state index in [0.29, 0.717) is 12.0 Å². The molecule has 1 aliphatic rings. The van der Waals surface area contributed by atoms with Crippen LogP contribution in [0.3, 0.4) is 0 Å². The van der Waals surface area contributed by atoms with E-state index in [1.165, 1.54) is 0 Å². The van der Waals surface area contributed by atoms with Crippen LogP contribution in [0.2, 0.25) is 0 Å². The van der Waals surface area contributed by atoms with Crippen molar-refractivity contribution in [1.29, 1.82) is 0 Å². The highest BCUT2D eigenvalue weighted by atomic mass is 16.5. The Balaban J connectivity index is 2.09. The minimum atomic E-state index is 0.433. The smallest absolute Gasteiger partial charge is 0.132 e. The average Bonchev–Trinajstić information content (AvgIpc) is 2.31. The molecule has 17 heavy (non-hydrogen) atoms. The van der Waals surface area contributed by atoms with Crippen LogP contribution < -0.4 is 10.6 Å². The second kappa shape index (κ2) is 5.31. The van der Waals surface area contributed by atoms with Crippen LogP contribution >= 0.6 is 0 Å². The van der Waals surface area contributed by atoms with Gasteiger partial charge in [-0.3, -0.25) is 0 Å². The Hall–Kier alpha value is -1.36. The van der Waals surface area contributed by atoms with Gasteiger partial charge in [0.15, 0.2) is 0 Å². The van der Waals surface area contributed by atoms with Crippen LogP contribution in [-0.4, -0.2) is 36.3 Å². The molecule has 2 atom stereocenters. The van der Waals surface area contributed by atoms with Crippen LogP contribution in [0, 0.1) is 12.8 Å². The van der Waals surface area contributed by atoms with Crippen LogP contribution in [0.15, 0.2) is 6.07 Å². The van der Waals surface area contributed by atoms with Crippen molar-refractivity contribution in [2.45, 2.75) is 26.3 Å². The first-order valence-corrected chi connectivity index (χ1v) is 6.06. The summed E-state index contributed by atoms with van der Waals surface area (Å²) in [5.74, 6) is 3.02. The number of hydrogen-bond acceptors (Lipinski definition) is 5. The third kappa shape index (κ3) is 3.06. The number of nitrogens with one attached hydrogen (secondary N) is 2. The average molecular weight is 236 g/mol. The fraction of sp³-hybridized carbons (Fsp3) is 0.667. The van der Waals surface area contributed by atoms with Crippen molar-refractivity contribution in [2.24, 2.45) is 5.92 Å². The van der Waals surface area contributed by atoms with Crippen LogP contribution in [0.1, 0.15) is 19.2 Å². The molecular weight excluding hydrogens is 216 g/mol. The lowest BCUT2D eigenvalue weighted by Crippen LogP contribution is -2.36. The molecule has 1 saturated heterocycles. The van der Waals surface area contributed by atoms with E-state index in [1.54, 1.807) is 0 Å². The Kier molecular flexibility index (Phi) is 3.78. The normalized spacial score (nSPS) is 24.4. The largest absolute Gasteiger partial charge is 0.381 e. The Bertz CT molecular complexity index is 383. The highest BCUT2D eigenvalue weighted by Crippen LogP contribution is 2.19. The van der Waals surface area contributed by atoms with Gasteiger partial charge in [-0.1, -0.05) is 6.92 Å². The maximum atomic E-state index is 5.43. The summed E-state index contributed by atoms with van der Waals surface area (Å²) in [4.78, 5) is 8.68. The Morgan fingerprint density at radius 2 is 2.12 bits per heavy atom. The molecule has 94 valence electrons. The quantitative estimate of drug-likeness (QED) is 0.836. The minimum Gasteiger partial charge on any atom is -0.381 e. The molecule has 5 heteroatoms. The highest BCUT2D eigenvalue weighted by Gasteiger charge is 2.22. The Labute approximate surface area is 102 Å². The maximum absolute atomic E-state index is 5.43. The van der Waals surface area contributed by atoms with Gasteiger partial charge in [0, 0.05) is 25.8 Å². The molecule has 0 aromatic carbocycles. The van der Waals surface area contributed by atoms with E-state index < -0.39 is 0 Å². The van der Waals surface area contributed by atoms with Crippen molar-refractivity contribution in [3.05, 3.63) is 11.9 Å². The third-order valence-electron chi connectivity index (χ3n) is 3.07. The van der Waals surface area contributed by atoms with Crippen LogP contribution in [-0.2, 0) is 4.74 Å². The van der Waals surface area contributed by atoms with Gasteiger partial charge in [0.2, 0.25) is 0 Å². The molecule has 0 saturated carbocycles. The Morgan fingerprint density at radius 3 is 2.82 bits per heavy atom. The first-order valence-electron chi connectivity index (χ1n) is 6.06. The van der Waals surface area contributed by atoms with Crippen molar-refractivity contribution < 1.29 is 4.74 Å². The van der Waals surface area contributed by atoms with Gasteiger partial charge in [-0.25, -0.2) is 9.97 Å². The zero-order chi connectivity index (χ0) is 12.3. The minimum absolute atomic E-state index is 0.433. The third-order valence-corrected chi connectivity index (χ3v) is 3.07. The molecular formula is C12H20N4O. The van der Waals surface area contributed by atoms with Crippen molar-refractivity contribution in [2.75, 3.05) is 30.9 Å². The van der Waals surface area contributed by atoms with Crippen molar-refractivity contribution >= 4 is 11.6 Å². The van der Waals surface area contributed by atoms with Crippen molar-refractivity contribution in [1.82, 2.24) is 9.97 Å². The number of rotatable bonds is 3. The molecule has 0 radical (unpaired) electrons. The summed E-state index contributed by atoms with van der Waals surface area (Å²) in [7, 11) is 1.86. The maximum Gasteiger partial charge on any atom is 0.132 e. The summed E-state index contributed by atoms with van der Waals surface area (Å²) in [5, 5.41) is 6.52. The number of aromatic nitrogens is 2. The van der Waals surface area contributed by atoms with Gasteiger partial charge in [0.1, 0.15) is 17.5 Å². The molecule has 0 aliphatic carbocycles. The van der Waals surface area contributed by atoms with Gasteiger partial charge in [-0.05, 0) is 19.3 Å². The number of aryl methyl sites for hydroxylation is 1. The summed E-state index contributed by atoms with van der Waals surface area (Å²) in [5.41, 5.74) is 0. The fourth-order valence-corrected chi connectivity index (χ4v) is 2.05. The van der Waals surface area contributed by atoms with E-state index in [4.69, 9.17) is 4.74 Å². The lowest BCUT2D eigenvalue weighted by atomic mass is 9.98. The molecule has 2 N–H and O–H groups in total. The summed E-state index contributed by atoms with van der Waals surface area (Å²) in [6.07, 6.45) is 1.03. The topological polar surface area (TPSA) is 59.1 Å². The monoisotopic (exact) mass is 236 g/mol. The standard InChI is InChI=1S/C12H20N4O/c1-8-7-17-5-4-10(8)16-12-6-11(13-3)14-9(2)15-12/h6,8,10H,4-5,7H2,1-3H3,(H2,13,14,15,16). The molecule has 0 amide bonds. The number of nitrogens with zero attached hydrogens (tertiary/aromatic N) is 2. The SMILES string of the molecule is CNc1cc(NC2CCOCC2C)nc(C)n1. The molecule has 5 nitrogen and oxygen atoms in total. The molecule has 2 unspecified atom stereocenters. The van der Waals surface area contributed by atoms with Crippen molar-refractivity contribution in [3.8, 4) is 0 Å². The van der Waals surface area contributed by atoms with Crippen molar-refractivity contribution in [3.63, 3.8) is 0 Å². The van der Waals surface area contributed by atoms with Gasteiger partial charge in [-0.15, -0.1) is 0 Å². The predicted molar refractivity (Wildman–Crippen MR) is 68.3 cm³/mol. The molecule has 2 heterocycles. The van der Waals surface area contributed by atoms with E-state index >= 15 is 0 Å². The van der Waals surface area contributed by atoms with Gasteiger partial charge in [-0.2, -0.15) is 0 Å². The van der Waals surface area contributed by atoms with E-state index in [-0.39, 0.29) is 0 Å². The lowest BCUT2D eigenvalue weighted by molar-refractivity contribution is 0.0537. The number of hydrogen-bond donors (Lipinski definition) is 2. The molecule has 2 rings (SSSR count). The molecule has 0 spiro atoms. The summed E-state index contributed by atoms with van der Waals surface area (Å²) in [6, 6.07) is 2.37. The van der Waals surface area contributed by atoms with E-state index in [9.17, 15) is 0 Å². The molecule has 1 fully saturated rings. The second-order valence-electron chi connectivity index (χ2n) is 4.53. The van der Waals surface area contributed by atoms with Gasteiger partial charge >= 0.3 is 0 Å².